The molecule has 2 aromatic carbocycles. The van der Waals surface area contributed by atoms with Gasteiger partial charge in [0.2, 0.25) is 0 Å². The maximum Gasteiger partial charge on any atom is 0.493 e. The zero-order valence-electron chi connectivity index (χ0n) is 18.0. The van der Waals surface area contributed by atoms with Crippen molar-refractivity contribution in [2.45, 2.75) is 25.2 Å². The first-order chi connectivity index (χ1) is 16.4. The van der Waals surface area contributed by atoms with Gasteiger partial charge in [0.25, 0.3) is 5.91 Å². The molecule has 2 aromatic rings. The zero-order valence-corrected chi connectivity index (χ0v) is 19.5. The van der Waals surface area contributed by atoms with E-state index in [0.29, 0.717) is 23.1 Å². The van der Waals surface area contributed by atoms with Gasteiger partial charge < -0.3 is 14.7 Å². The number of carbonyl (C=O) groups is 2. The Balaban J connectivity index is 1.70. The molecule has 1 heterocycles. The van der Waals surface area contributed by atoms with Crippen LogP contribution in [0, 0.1) is 5.82 Å². The lowest BCUT2D eigenvalue weighted by atomic mass is 10.1. The highest BCUT2D eigenvalue weighted by Gasteiger charge is 2.44. The molecule has 1 saturated heterocycles. The molecule has 1 N–H and O–H groups in total. The SMILES string of the molecule is O=C(Cc1ccc(O)c(F)c1)N(CC1CN(Cc2ccc(Cl)c(Cl)c2)CCO1)OC(=O)C(F)(F)F. The maximum absolute atomic E-state index is 13.6. The molecule has 0 spiro atoms. The van der Waals surface area contributed by atoms with Crippen molar-refractivity contribution in [1.29, 1.82) is 0 Å². The van der Waals surface area contributed by atoms with Gasteiger partial charge in [-0.3, -0.25) is 9.69 Å². The van der Waals surface area contributed by atoms with Crippen LogP contribution >= 0.6 is 23.2 Å². The number of halogens is 6. The third-order valence-corrected chi connectivity index (χ3v) is 5.79. The van der Waals surface area contributed by atoms with Gasteiger partial charge in [0.05, 0.1) is 35.7 Å². The topological polar surface area (TPSA) is 79.3 Å². The van der Waals surface area contributed by atoms with Crippen LogP contribution in [0.4, 0.5) is 17.6 Å². The molecule has 7 nitrogen and oxygen atoms in total. The number of hydroxylamine groups is 2. The molecule has 190 valence electrons. The summed E-state index contributed by atoms with van der Waals surface area (Å²) in [6.07, 6.45) is -6.70. The Labute approximate surface area is 207 Å². The van der Waals surface area contributed by atoms with Gasteiger partial charge >= 0.3 is 12.1 Å². The number of hydrogen-bond acceptors (Lipinski definition) is 6. The number of nitrogens with zero attached hydrogens (tertiary/aromatic N) is 2. The summed E-state index contributed by atoms with van der Waals surface area (Å²) in [4.78, 5) is 30.4. The minimum Gasteiger partial charge on any atom is -0.505 e. The Bertz CT molecular complexity index is 1090. The Morgan fingerprint density at radius 2 is 1.86 bits per heavy atom. The number of aromatic hydroxyl groups is 1. The Kier molecular flexibility index (Phi) is 8.81. The Hall–Kier alpha value is -2.60. The fourth-order valence-electron chi connectivity index (χ4n) is 3.38. The van der Waals surface area contributed by atoms with Crippen LogP contribution in [0.5, 0.6) is 5.75 Å². The fourth-order valence-corrected chi connectivity index (χ4v) is 3.70. The summed E-state index contributed by atoms with van der Waals surface area (Å²) in [5.74, 6) is -5.27. The van der Waals surface area contributed by atoms with Crippen LogP contribution < -0.4 is 0 Å². The van der Waals surface area contributed by atoms with E-state index in [2.05, 4.69) is 4.84 Å². The van der Waals surface area contributed by atoms with Crippen LogP contribution in [0.1, 0.15) is 11.1 Å². The number of amides is 1. The van der Waals surface area contributed by atoms with Gasteiger partial charge in [0.1, 0.15) is 0 Å². The van der Waals surface area contributed by atoms with Crippen LogP contribution in [0.3, 0.4) is 0 Å². The molecule has 35 heavy (non-hydrogen) atoms. The van der Waals surface area contributed by atoms with Crippen LogP contribution in [-0.4, -0.2) is 65.5 Å². The smallest absolute Gasteiger partial charge is 0.493 e. The van der Waals surface area contributed by atoms with Crippen molar-refractivity contribution < 1.29 is 41.8 Å². The number of phenolic OH excluding ortho intramolecular Hbond substituents is 1. The van der Waals surface area contributed by atoms with Crippen LogP contribution in [0.25, 0.3) is 0 Å². The zero-order chi connectivity index (χ0) is 25.8. The molecule has 1 unspecified atom stereocenters. The first kappa shape index (κ1) is 27.0. The molecule has 1 amide bonds. The summed E-state index contributed by atoms with van der Waals surface area (Å²) in [7, 11) is 0. The summed E-state index contributed by atoms with van der Waals surface area (Å²) >= 11 is 12.0. The molecule has 0 aromatic heterocycles. The van der Waals surface area contributed by atoms with E-state index in [4.69, 9.17) is 27.9 Å². The van der Waals surface area contributed by atoms with E-state index in [1.54, 1.807) is 18.2 Å². The van der Waals surface area contributed by atoms with E-state index < -0.39 is 48.7 Å². The summed E-state index contributed by atoms with van der Waals surface area (Å²) < 4.78 is 57.5. The normalized spacial score (nSPS) is 16.7. The molecule has 1 aliphatic heterocycles. The van der Waals surface area contributed by atoms with Crippen molar-refractivity contribution in [1.82, 2.24) is 9.96 Å². The van der Waals surface area contributed by atoms with Crippen LogP contribution in [0.15, 0.2) is 36.4 Å². The van der Waals surface area contributed by atoms with Gasteiger partial charge in [-0.15, -0.1) is 0 Å². The maximum atomic E-state index is 13.6. The van der Waals surface area contributed by atoms with E-state index in [9.17, 15) is 32.3 Å². The second-order valence-corrected chi connectivity index (χ2v) is 8.58. The summed E-state index contributed by atoms with van der Waals surface area (Å²) in [6.45, 7) is 0.866. The number of benzene rings is 2. The lowest BCUT2D eigenvalue weighted by Crippen LogP contribution is -2.50. The molecule has 13 heteroatoms. The number of alkyl halides is 3. The number of carbonyl (C=O) groups excluding carboxylic acids is 2. The van der Waals surface area contributed by atoms with Crippen molar-refractivity contribution >= 4 is 35.1 Å². The quantitative estimate of drug-likeness (QED) is 0.440. The van der Waals surface area contributed by atoms with Gasteiger partial charge in [0.15, 0.2) is 11.6 Å². The number of rotatable bonds is 6. The van der Waals surface area contributed by atoms with Crippen LogP contribution in [0.2, 0.25) is 10.0 Å². The standard InChI is InChI=1S/C22H20Cl2F4N2O5/c23-16-3-1-14(7-17(16)24)10-29-5-6-34-15(11-29)12-30(35-21(33)22(26,27)28)20(32)9-13-2-4-19(31)18(25)8-13/h1-4,7-8,15,31H,5-6,9-12H2. The number of ether oxygens (including phenoxy) is 1. The van der Waals surface area contributed by atoms with Crippen molar-refractivity contribution in [2.75, 3.05) is 26.2 Å². The fraction of sp³-hybridized carbons (Fsp3) is 0.364. The highest BCUT2D eigenvalue weighted by Crippen LogP contribution is 2.24. The third-order valence-electron chi connectivity index (χ3n) is 5.05. The van der Waals surface area contributed by atoms with Gasteiger partial charge in [0, 0.05) is 19.6 Å². The Morgan fingerprint density at radius 1 is 1.14 bits per heavy atom. The predicted octanol–water partition coefficient (Wildman–Crippen LogP) is 4.13. The molecule has 3 rings (SSSR count). The average Bonchev–Trinajstić information content (AvgIpc) is 2.78. The summed E-state index contributed by atoms with van der Waals surface area (Å²) in [5, 5.41) is 10.3. The van der Waals surface area contributed by atoms with E-state index in [1.165, 1.54) is 6.07 Å². The monoisotopic (exact) mass is 538 g/mol. The van der Waals surface area contributed by atoms with E-state index in [0.717, 1.165) is 17.7 Å². The van der Waals surface area contributed by atoms with E-state index >= 15 is 0 Å². The predicted molar refractivity (Wildman–Crippen MR) is 117 cm³/mol. The third kappa shape index (κ3) is 7.69. The first-order valence-corrected chi connectivity index (χ1v) is 11.0. The second kappa shape index (κ2) is 11.4. The summed E-state index contributed by atoms with van der Waals surface area (Å²) in [6, 6.07) is 8.17. The lowest BCUT2D eigenvalue weighted by molar-refractivity contribution is -0.241. The molecule has 1 aliphatic rings. The van der Waals surface area contributed by atoms with Crippen molar-refractivity contribution in [2.24, 2.45) is 0 Å². The van der Waals surface area contributed by atoms with E-state index in [-0.39, 0.29) is 23.8 Å². The molecule has 0 bridgehead atoms. The van der Waals surface area contributed by atoms with Crippen LogP contribution in [-0.2, 0) is 32.1 Å². The summed E-state index contributed by atoms with van der Waals surface area (Å²) in [5.41, 5.74) is 0.898. The first-order valence-electron chi connectivity index (χ1n) is 10.3. The van der Waals surface area contributed by atoms with Gasteiger partial charge in [-0.05, 0) is 35.4 Å². The van der Waals surface area contributed by atoms with Crippen molar-refractivity contribution in [3.8, 4) is 5.75 Å². The highest BCUT2D eigenvalue weighted by molar-refractivity contribution is 6.42. The number of hydrogen-bond donors (Lipinski definition) is 1. The van der Waals surface area contributed by atoms with Gasteiger partial charge in [-0.25, -0.2) is 9.18 Å². The number of morpholine rings is 1. The largest absolute Gasteiger partial charge is 0.505 e. The Morgan fingerprint density at radius 3 is 2.51 bits per heavy atom. The van der Waals surface area contributed by atoms with Gasteiger partial charge in [-0.1, -0.05) is 35.3 Å². The van der Waals surface area contributed by atoms with Crippen molar-refractivity contribution in [3.05, 3.63) is 63.4 Å². The molecule has 1 atom stereocenters. The molecule has 0 radical (unpaired) electrons. The molecular weight excluding hydrogens is 519 g/mol. The lowest BCUT2D eigenvalue weighted by Gasteiger charge is -2.35. The molecule has 1 fully saturated rings. The van der Waals surface area contributed by atoms with Gasteiger partial charge in [-0.2, -0.15) is 18.2 Å². The minimum absolute atomic E-state index is 0.0594. The molecule has 0 aliphatic carbocycles. The van der Waals surface area contributed by atoms with Crippen molar-refractivity contribution in [3.63, 3.8) is 0 Å². The molecule has 0 saturated carbocycles. The molecular formula is C22H20Cl2F4N2O5. The highest BCUT2D eigenvalue weighted by atomic mass is 35.5. The average molecular weight is 539 g/mol. The minimum atomic E-state index is -5.34. The van der Waals surface area contributed by atoms with E-state index in [1.807, 2.05) is 4.90 Å². The second-order valence-electron chi connectivity index (χ2n) is 7.77. The number of phenols is 1.